The number of hydrogen-bond donors (Lipinski definition) is 0. The van der Waals surface area contributed by atoms with Crippen molar-refractivity contribution in [2.24, 2.45) is 5.92 Å². The van der Waals surface area contributed by atoms with Crippen LogP contribution in [0.25, 0.3) is 0 Å². The van der Waals surface area contributed by atoms with Gasteiger partial charge in [0.1, 0.15) is 0 Å². The standard InChI is InChI=1S/C23H24/c1-16-7-9-18(10-8-16)11-12-19-13-14-20-21(15-19)23(5,6)17(2)22(20,3)4/h1,7-10,13-15,17H,2-6H3. The van der Waals surface area contributed by atoms with Crippen LogP contribution in [0, 0.1) is 24.7 Å². The summed E-state index contributed by atoms with van der Waals surface area (Å²) in [6.07, 6.45) is 0. The Morgan fingerprint density at radius 1 is 0.783 bits per heavy atom. The Hall–Kier alpha value is -2.00. The summed E-state index contributed by atoms with van der Waals surface area (Å²) >= 11 is 0. The maximum Gasteiger partial charge on any atom is 0.0252 e. The van der Waals surface area contributed by atoms with E-state index in [1.807, 2.05) is 24.3 Å². The number of rotatable bonds is 0. The average Bonchev–Trinajstić information content (AvgIpc) is 2.65. The first-order chi connectivity index (χ1) is 10.7. The minimum atomic E-state index is 0.178. The van der Waals surface area contributed by atoms with Crippen molar-refractivity contribution < 1.29 is 0 Å². The molecule has 0 N–H and O–H groups in total. The summed E-state index contributed by atoms with van der Waals surface area (Å²) < 4.78 is 0. The van der Waals surface area contributed by atoms with E-state index in [2.05, 4.69) is 64.7 Å². The molecule has 1 atom stereocenters. The summed E-state index contributed by atoms with van der Waals surface area (Å²) in [5.41, 5.74) is 6.14. The summed E-state index contributed by atoms with van der Waals surface area (Å²) in [7, 11) is 0. The van der Waals surface area contributed by atoms with E-state index in [0.29, 0.717) is 5.92 Å². The van der Waals surface area contributed by atoms with Crippen LogP contribution in [0.4, 0.5) is 0 Å². The third kappa shape index (κ3) is 2.59. The Morgan fingerprint density at radius 2 is 1.30 bits per heavy atom. The van der Waals surface area contributed by atoms with Gasteiger partial charge >= 0.3 is 0 Å². The fourth-order valence-corrected chi connectivity index (χ4v) is 3.80. The van der Waals surface area contributed by atoms with Crippen LogP contribution in [-0.4, -0.2) is 0 Å². The molecule has 0 aromatic heterocycles. The zero-order valence-electron chi connectivity index (χ0n) is 14.7. The topological polar surface area (TPSA) is 0 Å². The SMILES string of the molecule is [CH]c1ccc(C#Cc2ccc3c(c2)C(C)(C)C(C)C3(C)C)cc1. The second-order valence-electron chi connectivity index (χ2n) is 7.80. The van der Waals surface area contributed by atoms with Gasteiger partial charge in [-0.25, -0.2) is 0 Å². The third-order valence-electron chi connectivity index (χ3n) is 5.83. The number of fused-ring (bicyclic) bond motifs is 1. The molecule has 23 heavy (non-hydrogen) atoms. The van der Waals surface area contributed by atoms with Gasteiger partial charge in [0.2, 0.25) is 0 Å². The van der Waals surface area contributed by atoms with Crippen molar-refractivity contribution in [3.63, 3.8) is 0 Å². The molecule has 0 saturated heterocycles. The van der Waals surface area contributed by atoms with Gasteiger partial charge in [-0.15, -0.1) is 0 Å². The Morgan fingerprint density at radius 3 is 1.96 bits per heavy atom. The molecular formula is C23H24. The van der Waals surface area contributed by atoms with Crippen LogP contribution < -0.4 is 0 Å². The molecule has 116 valence electrons. The first kappa shape index (κ1) is 15.9. The van der Waals surface area contributed by atoms with Crippen molar-refractivity contribution in [2.75, 3.05) is 0 Å². The van der Waals surface area contributed by atoms with Crippen LogP contribution in [0.3, 0.4) is 0 Å². The molecule has 1 aliphatic rings. The highest BCUT2D eigenvalue weighted by Crippen LogP contribution is 2.53. The van der Waals surface area contributed by atoms with Gasteiger partial charge in [-0.3, -0.25) is 0 Å². The highest BCUT2D eigenvalue weighted by molar-refractivity contribution is 5.52. The van der Waals surface area contributed by atoms with Crippen molar-refractivity contribution in [2.45, 2.75) is 45.4 Å². The van der Waals surface area contributed by atoms with E-state index >= 15 is 0 Å². The molecule has 0 bridgehead atoms. The van der Waals surface area contributed by atoms with Gasteiger partial charge in [-0.1, -0.05) is 64.7 Å². The number of benzene rings is 2. The van der Waals surface area contributed by atoms with Gasteiger partial charge in [-0.05, 0) is 64.6 Å². The van der Waals surface area contributed by atoms with Gasteiger partial charge in [0.05, 0.1) is 0 Å². The third-order valence-corrected chi connectivity index (χ3v) is 5.83. The van der Waals surface area contributed by atoms with Crippen LogP contribution >= 0.6 is 0 Å². The lowest BCUT2D eigenvalue weighted by Crippen LogP contribution is -2.30. The molecule has 2 aromatic carbocycles. The molecule has 0 amide bonds. The summed E-state index contributed by atoms with van der Waals surface area (Å²) in [5, 5.41) is 0. The molecule has 0 fully saturated rings. The average molecular weight is 300 g/mol. The zero-order chi connectivity index (χ0) is 16.8. The Kier molecular flexibility index (Phi) is 3.64. The first-order valence-electron chi connectivity index (χ1n) is 8.25. The largest absolute Gasteiger partial charge is 0.0617 e. The van der Waals surface area contributed by atoms with Crippen LogP contribution in [0.5, 0.6) is 0 Å². The molecule has 0 nitrogen and oxygen atoms in total. The molecule has 2 aromatic rings. The van der Waals surface area contributed by atoms with Crippen molar-refractivity contribution in [1.82, 2.24) is 0 Å². The fourth-order valence-electron chi connectivity index (χ4n) is 3.80. The summed E-state index contributed by atoms with van der Waals surface area (Å²) in [6.45, 7) is 17.5. The van der Waals surface area contributed by atoms with Crippen molar-refractivity contribution in [1.29, 1.82) is 0 Å². The smallest absolute Gasteiger partial charge is 0.0252 e. The molecule has 0 spiro atoms. The summed E-state index contributed by atoms with van der Waals surface area (Å²) in [6, 6.07) is 14.4. The molecule has 1 aliphatic carbocycles. The van der Waals surface area contributed by atoms with E-state index in [-0.39, 0.29) is 10.8 Å². The number of hydrogen-bond acceptors (Lipinski definition) is 0. The predicted octanol–water partition coefficient (Wildman–Crippen LogP) is 5.35. The van der Waals surface area contributed by atoms with E-state index in [4.69, 9.17) is 6.92 Å². The predicted molar refractivity (Wildman–Crippen MR) is 97.5 cm³/mol. The molecule has 0 heteroatoms. The normalized spacial score (nSPS) is 20.5. The summed E-state index contributed by atoms with van der Waals surface area (Å²) in [4.78, 5) is 0. The molecule has 0 aliphatic heterocycles. The Labute approximate surface area is 140 Å². The lowest BCUT2D eigenvalue weighted by atomic mass is 9.71. The quantitative estimate of drug-likeness (QED) is 0.575. The van der Waals surface area contributed by atoms with Gasteiger partial charge in [0.15, 0.2) is 0 Å². The monoisotopic (exact) mass is 300 g/mol. The lowest BCUT2D eigenvalue weighted by molar-refractivity contribution is 0.264. The van der Waals surface area contributed by atoms with Crippen molar-refractivity contribution >= 4 is 0 Å². The maximum atomic E-state index is 5.72. The highest BCUT2D eigenvalue weighted by atomic mass is 14.5. The van der Waals surface area contributed by atoms with E-state index in [1.54, 1.807) is 0 Å². The Balaban J connectivity index is 2.00. The Bertz CT molecular complexity index is 792. The molecule has 2 radical (unpaired) electrons. The fraction of sp³-hybridized carbons (Fsp3) is 0.348. The van der Waals surface area contributed by atoms with E-state index in [1.165, 1.54) is 11.1 Å². The van der Waals surface area contributed by atoms with Gasteiger partial charge in [-0.2, -0.15) is 0 Å². The van der Waals surface area contributed by atoms with Crippen LogP contribution in [-0.2, 0) is 10.8 Å². The van der Waals surface area contributed by atoms with Crippen LogP contribution in [0.1, 0.15) is 62.4 Å². The molecule has 0 heterocycles. The zero-order valence-corrected chi connectivity index (χ0v) is 14.7. The molecule has 3 rings (SSSR count). The van der Waals surface area contributed by atoms with Crippen molar-refractivity contribution in [3.8, 4) is 11.8 Å². The molecule has 1 unspecified atom stereocenters. The molecule has 0 saturated carbocycles. The lowest BCUT2D eigenvalue weighted by Gasteiger charge is -2.32. The van der Waals surface area contributed by atoms with Gasteiger partial charge in [0.25, 0.3) is 0 Å². The van der Waals surface area contributed by atoms with Crippen LogP contribution in [0.2, 0.25) is 0 Å². The van der Waals surface area contributed by atoms with Crippen LogP contribution in [0.15, 0.2) is 42.5 Å². The molecular weight excluding hydrogens is 276 g/mol. The van der Waals surface area contributed by atoms with Gasteiger partial charge < -0.3 is 0 Å². The minimum absolute atomic E-state index is 0.178. The van der Waals surface area contributed by atoms with Gasteiger partial charge in [0, 0.05) is 11.1 Å². The van der Waals surface area contributed by atoms with E-state index in [0.717, 1.165) is 16.7 Å². The summed E-state index contributed by atoms with van der Waals surface area (Å²) in [5.74, 6) is 7.13. The highest BCUT2D eigenvalue weighted by Gasteiger charge is 2.48. The minimum Gasteiger partial charge on any atom is -0.0617 e. The van der Waals surface area contributed by atoms with Crippen molar-refractivity contribution in [3.05, 3.63) is 77.2 Å². The van der Waals surface area contributed by atoms with E-state index in [9.17, 15) is 0 Å². The maximum absolute atomic E-state index is 5.72. The first-order valence-corrected chi connectivity index (χ1v) is 8.25. The second-order valence-corrected chi connectivity index (χ2v) is 7.80. The second kappa shape index (κ2) is 5.27. The van der Waals surface area contributed by atoms with E-state index < -0.39 is 0 Å².